The van der Waals surface area contributed by atoms with Gasteiger partial charge in [-0.15, -0.1) is 0 Å². The van der Waals surface area contributed by atoms with Gasteiger partial charge in [-0.3, -0.25) is 19.6 Å². The second kappa shape index (κ2) is 13.3. The Kier molecular flexibility index (Phi) is 9.82. The fourth-order valence-corrected chi connectivity index (χ4v) is 4.22. The molecule has 0 heterocycles. The molecule has 0 radical (unpaired) electrons. The molecule has 0 bridgehead atoms. The van der Waals surface area contributed by atoms with Crippen LogP contribution in [0.3, 0.4) is 0 Å². The van der Waals surface area contributed by atoms with E-state index in [1.807, 2.05) is 73.7 Å². The quantitative estimate of drug-likeness (QED) is 0.229. The fourth-order valence-electron chi connectivity index (χ4n) is 4.22. The Hall–Kier alpha value is -3.91. The minimum atomic E-state index is -0.820. The molecule has 2 atom stereocenters. The lowest BCUT2D eigenvalue weighted by molar-refractivity contribution is -0.136. The van der Waals surface area contributed by atoms with E-state index in [4.69, 9.17) is 9.94 Å². The Labute approximate surface area is 211 Å². The van der Waals surface area contributed by atoms with Crippen molar-refractivity contribution in [3.63, 3.8) is 0 Å². The predicted molar refractivity (Wildman–Crippen MR) is 137 cm³/mol. The van der Waals surface area contributed by atoms with Crippen molar-refractivity contribution in [1.29, 1.82) is 0 Å². The molecule has 8 nitrogen and oxygen atoms in total. The molecular formula is C28H33N3O5. The number of likely N-dealkylation sites (N-methyl/N-ethyl adjacent to an activating group) is 1. The van der Waals surface area contributed by atoms with Gasteiger partial charge in [-0.25, -0.2) is 5.48 Å². The SMILES string of the molecule is CCOc1ccc(C[C@H](NC(=O)[C@H](CCc2ccc3cccccc2-3)CC(=O)NO)C(=O)NC)cc1. The van der Waals surface area contributed by atoms with E-state index in [-0.39, 0.29) is 18.7 Å². The number of aryl methyl sites for hydroxylation is 1. The minimum Gasteiger partial charge on any atom is -0.494 e. The van der Waals surface area contributed by atoms with Crippen molar-refractivity contribution in [2.45, 2.75) is 38.6 Å². The Morgan fingerprint density at radius 2 is 1.69 bits per heavy atom. The summed E-state index contributed by atoms with van der Waals surface area (Å²) in [6.45, 7) is 2.46. The van der Waals surface area contributed by atoms with Crippen LogP contribution in [-0.2, 0) is 27.2 Å². The third kappa shape index (κ3) is 7.29. The molecule has 2 aliphatic carbocycles. The van der Waals surface area contributed by atoms with Crippen LogP contribution in [0.2, 0.25) is 0 Å². The molecule has 0 aromatic heterocycles. The van der Waals surface area contributed by atoms with Crippen LogP contribution in [0.1, 0.15) is 30.9 Å². The molecule has 3 rings (SSSR count). The molecule has 0 spiro atoms. The van der Waals surface area contributed by atoms with E-state index in [1.165, 1.54) is 7.05 Å². The zero-order chi connectivity index (χ0) is 25.9. The molecule has 0 unspecified atom stereocenters. The molecule has 3 amide bonds. The standard InChI is InChI=1S/C28H33N3O5/c1-3-36-23-15-9-19(10-16-23)17-25(28(34)29-2)30-27(33)22(18-26(32)31-35)14-13-21-12-11-20-7-5-4-6-8-24(20)21/h4-12,15-16,22,25,35H,3,13-14,17-18H2,1-2H3,(H,29,34)(H,30,33)(H,31,32)/t22-,25+/m1/s1. The Morgan fingerprint density at radius 1 is 0.944 bits per heavy atom. The Balaban J connectivity index is 1.72. The highest BCUT2D eigenvalue weighted by molar-refractivity contribution is 5.90. The first kappa shape index (κ1) is 26.7. The third-order valence-corrected chi connectivity index (χ3v) is 6.12. The van der Waals surface area contributed by atoms with Crippen molar-refractivity contribution in [3.05, 3.63) is 77.9 Å². The van der Waals surface area contributed by atoms with E-state index < -0.39 is 23.8 Å². The summed E-state index contributed by atoms with van der Waals surface area (Å²) < 4.78 is 5.46. The largest absolute Gasteiger partial charge is 0.494 e. The number of hydrogen-bond donors (Lipinski definition) is 4. The van der Waals surface area contributed by atoms with Gasteiger partial charge >= 0.3 is 0 Å². The average molecular weight is 492 g/mol. The second-order valence-corrected chi connectivity index (χ2v) is 8.57. The van der Waals surface area contributed by atoms with Gasteiger partial charge in [-0.05, 0) is 54.2 Å². The minimum absolute atomic E-state index is 0.196. The van der Waals surface area contributed by atoms with Crippen molar-refractivity contribution < 1.29 is 24.3 Å². The number of hydroxylamine groups is 1. The van der Waals surface area contributed by atoms with E-state index in [1.54, 1.807) is 5.48 Å². The van der Waals surface area contributed by atoms with Crippen molar-refractivity contribution in [2.24, 2.45) is 5.92 Å². The van der Waals surface area contributed by atoms with E-state index in [9.17, 15) is 14.4 Å². The van der Waals surface area contributed by atoms with Gasteiger partial charge in [0.25, 0.3) is 0 Å². The summed E-state index contributed by atoms with van der Waals surface area (Å²) in [6.07, 6.45) is 1.02. The lowest BCUT2D eigenvalue weighted by Gasteiger charge is -2.22. The highest BCUT2D eigenvalue weighted by atomic mass is 16.5. The maximum atomic E-state index is 13.3. The summed E-state index contributed by atoms with van der Waals surface area (Å²) in [5, 5.41) is 14.5. The first-order valence-electron chi connectivity index (χ1n) is 12.1. The lowest BCUT2D eigenvalue weighted by atomic mass is 9.93. The van der Waals surface area contributed by atoms with E-state index in [2.05, 4.69) is 10.6 Å². The molecule has 0 saturated heterocycles. The van der Waals surface area contributed by atoms with Gasteiger partial charge in [0.2, 0.25) is 17.7 Å². The lowest BCUT2D eigenvalue weighted by Crippen LogP contribution is -2.49. The summed E-state index contributed by atoms with van der Waals surface area (Å²) in [5.74, 6) is -1.41. The molecule has 0 fully saturated rings. The van der Waals surface area contributed by atoms with Crippen LogP contribution in [0.4, 0.5) is 0 Å². The molecule has 4 N–H and O–H groups in total. The number of carbonyl (C=O) groups excluding carboxylic acids is 3. The number of fused-ring (bicyclic) bond motifs is 1. The molecular weight excluding hydrogens is 458 g/mol. The van der Waals surface area contributed by atoms with Gasteiger partial charge in [0.05, 0.1) is 6.61 Å². The van der Waals surface area contributed by atoms with Crippen LogP contribution >= 0.6 is 0 Å². The summed E-state index contributed by atoms with van der Waals surface area (Å²) in [5.41, 5.74) is 5.72. The molecule has 190 valence electrons. The van der Waals surface area contributed by atoms with Crippen LogP contribution < -0.4 is 20.9 Å². The van der Waals surface area contributed by atoms with Gasteiger partial charge in [0, 0.05) is 25.8 Å². The predicted octanol–water partition coefficient (Wildman–Crippen LogP) is 3.11. The number of benzene rings is 1. The molecule has 0 aliphatic heterocycles. The third-order valence-electron chi connectivity index (χ3n) is 6.12. The number of rotatable bonds is 12. The van der Waals surface area contributed by atoms with Crippen LogP contribution in [-0.4, -0.2) is 42.6 Å². The summed E-state index contributed by atoms with van der Waals surface area (Å²) in [6, 6.07) is 20.5. The number of carbonyl (C=O) groups is 3. The molecule has 8 heteroatoms. The number of hydrogen-bond acceptors (Lipinski definition) is 5. The molecule has 0 saturated carbocycles. The number of ether oxygens (including phenoxy) is 1. The molecule has 36 heavy (non-hydrogen) atoms. The van der Waals surface area contributed by atoms with E-state index in [0.717, 1.165) is 28.0 Å². The summed E-state index contributed by atoms with van der Waals surface area (Å²) in [7, 11) is 1.51. The van der Waals surface area contributed by atoms with Crippen LogP contribution in [0.25, 0.3) is 11.1 Å². The molecule has 1 aromatic rings. The van der Waals surface area contributed by atoms with Gasteiger partial charge in [0.1, 0.15) is 11.8 Å². The smallest absolute Gasteiger partial charge is 0.244 e. The number of amides is 3. The number of nitrogens with one attached hydrogen (secondary N) is 3. The van der Waals surface area contributed by atoms with Gasteiger partial charge < -0.3 is 15.4 Å². The topological polar surface area (TPSA) is 117 Å². The average Bonchev–Trinajstić information content (AvgIpc) is 3.11. The van der Waals surface area contributed by atoms with E-state index in [0.29, 0.717) is 19.4 Å². The zero-order valence-electron chi connectivity index (χ0n) is 20.6. The van der Waals surface area contributed by atoms with Crippen molar-refractivity contribution in [3.8, 4) is 16.9 Å². The maximum Gasteiger partial charge on any atom is 0.244 e. The first-order chi connectivity index (χ1) is 17.4. The van der Waals surface area contributed by atoms with Gasteiger partial charge in [0.15, 0.2) is 0 Å². The monoisotopic (exact) mass is 491 g/mol. The van der Waals surface area contributed by atoms with Crippen molar-refractivity contribution in [2.75, 3.05) is 13.7 Å². The summed E-state index contributed by atoms with van der Waals surface area (Å²) in [4.78, 5) is 37.8. The fraction of sp³-hybridized carbons (Fsp3) is 0.321. The molecule has 1 aromatic carbocycles. The highest BCUT2D eigenvalue weighted by Crippen LogP contribution is 2.29. The van der Waals surface area contributed by atoms with Gasteiger partial charge in [-0.2, -0.15) is 0 Å². The van der Waals surface area contributed by atoms with Gasteiger partial charge in [-0.1, -0.05) is 54.6 Å². The zero-order valence-corrected chi connectivity index (χ0v) is 20.6. The highest BCUT2D eigenvalue weighted by Gasteiger charge is 2.27. The Morgan fingerprint density at radius 3 is 2.39 bits per heavy atom. The second-order valence-electron chi connectivity index (χ2n) is 8.57. The van der Waals surface area contributed by atoms with Crippen LogP contribution in [0.15, 0.2) is 66.7 Å². The summed E-state index contributed by atoms with van der Waals surface area (Å²) >= 11 is 0. The van der Waals surface area contributed by atoms with Crippen molar-refractivity contribution >= 4 is 17.7 Å². The van der Waals surface area contributed by atoms with E-state index >= 15 is 0 Å². The first-order valence-corrected chi connectivity index (χ1v) is 12.1. The van der Waals surface area contributed by atoms with Crippen molar-refractivity contribution in [1.82, 2.24) is 16.1 Å². The van der Waals surface area contributed by atoms with Crippen LogP contribution in [0.5, 0.6) is 5.75 Å². The maximum absolute atomic E-state index is 13.3. The Bertz CT molecular complexity index is 1130. The van der Waals surface area contributed by atoms with Crippen LogP contribution in [0, 0.1) is 5.92 Å². The normalized spacial score (nSPS) is 12.4. The molecule has 2 aliphatic rings.